The molecular formula is C15H22N2O2. The van der Waals surface area contributed by atoms with Gasteiger partial charge in [-0.15, -0.1) is 0 Å². The fourth-order valence-electron chi connectivity index (χ4n) is 2.31. The third-order valence-corrected chi connectivity index (χ3v) is 3.67. The van der Waals surface area contributed by atoms with Crippen LogP contribution in [0.3, 0.4) is 0 Å². The summed E-state index contributed by atoms with van der Waals surface area (Å²) in [7, 11) is 1.62. The van der Waals surface area contributed by atoms with E-state index in [9.17, 15) is 4.79 Å². The number of carbonyl (C=O) groups excluding carboxylic acids is 1. The summed E-state index contributed by atoms with van der Waals surface area (Å²) < 4.78 is 5.07. The molecule has 0 aliphatic carbocycles. The van der Waals surface area contributed by atoms with Gasteiger partial charge in [0.15, 0.2) is 0 Å². The Morgan fingerprint density at radius 3 is 2.68 bits per heavy atom. The highest BCUT2D eigenvalue weighted by Gasteiger charge is 2.18. The molecule has 19 heavy (non-hydrogen) atoms. The Morgan fingerprint density at radius 1 is 1.37 bits per heavy atom. The van der Waals surface area contributed by atoms with Crippen molar-refractivity contribution in [1.82, 2.24) is 10.6 Å². The van der Waals surface area contributed by atoms with Gasteiger partial charge >= 0.3 is 0 Å². The summed E-state index contributed by atoms with van der Waals surface area (Å²) in [6.45, 7) is 3.93. The van der Waals surface area contributed by atoms with E-state index >= 15 is 0 Å². The van der Waals surface area contributed by atoms with E-state index in [2.05, 4.69) is 17.6 Å². The van der Waals surface area contributed by atoms with Crippen LogP contribution in [0.25, 0.3) is 0 Å². The number of piperidine rings is 1. The molecule has 0 saturated carbocycles. The lowest BCUT2D eigenvalue weighted by atomic mass is 9.95. The molecule has 1 aromatic carbocycles. The van der Waals surface area contributed by atoms with Crippen LogP contribution < -0.4 is 15.4 Å². The Bertz CT molecular complexity index is 409. The number of carbonyl (C=O) groups is 1. The van der Waals surface area contributed by atoms with Gasteiger partial charge in [0.25, 0.3) is 5.91 Å². The summed E-state index contributed by atoms with van der Waals surface area (Å²) in [4.78, 5) is 12.0. The molecule has 1 aromatic rings. The lowest BCUT2D eigenvalue weighted by molar-refractivity contribution is 0.0944. The average molecular weight is 262 g/mol. The van der Waals surface area contributed by atoms with E-state index in [4.69, 9.17) is 4.74 Å². The van der Waals surface area contributed by atoms with Gasteiger partial charge in [-0.05, 0) is 56.5 Å². The summed E-state index contributed by atoms with van der Waals surface area (Å²) in [5.41, 5.74) is 0.679. The predicted molar refractivity (Wildman–Crippen MR) is 75.5 cm³/mol. The Morgan fingerprint density at radius 2 is 2.11 bits per heavy atom. The highest BCUT2D eigenvalue weighted by Crippen LogP contribution is 2.14. The standard InChI is InChI=1S/C15H22N2O2/c1-11-3-4-12(9-16-11)10-17-15(18)13-5-7-14(19-2)8-6-13/h5-8,11-12,16H,3-4,9-10H2,1-2H3,(H,17,18). The molecule has 2 rings (SSSR count). The van der Waals surface area contributed by atoms with Crippen molar-refractivity contribution in [1.29, 1.82) is 0 Å². The maximum Gasteiger partial charge on any atom is 0.251 e. The Hall–Kier alpha value is -1.55. The largest absolute Gasteiger partial charge is 0.497 e. The normalized spacial score (nSPS) is 22.8. The third kappa shape index (κ3) is 3.96. The van der Waals surface area contributed by atoms with Gasteiger partial charge in [-0.3, -0.25) is 4.79 Å². The van der Waals surface area contributed by atoms with Crippen molar-refractivity contribution in [2.45, 2.75) is 25.8 Å². The molecule has 2 unspecified atom stereocenters. The van der Waals surface area contributed by atoms with E-state index in [-0.39, 0.29) is 5.91 Å². The molecule has 1 saturated heterocycles. The lowest BCUT2D eigenvalue weighted by Gasteiger charge is -2.27. The minimum atomic E-state index is -0.0127. The molecule has 2 atom stereocenters. The zero-order chi connectivity index (χ0) is 13.7. The van der Waals surface area contributed by atoms with E-state index < -0.39 is 0 Å². The summed E-state index contributed by atoms with van der Waals surface area (Å²) in [5, 5.41) is 6.44. The molecule has 2 N–H and O–H groups in total. The van der Waals surface area contributed by atoms with Crippen molar-refractivity contribution >= 4 is 5.91 Å². The first kappa shape index (κ1) is 13.9. The first-order chi connectivity index (χ1) is 9.19. The lowest BCUT2D eigenvalue weighted by Crippen LogP contribution is -2.41. The minimum absolute atomic E-state index is 0.0127. The van der Waals surface area contributed by atoms with Gasteiger partial charge in [0.2, 0.25) is 0 Å². The molecule has 0 radical (unpaired) electrons. The van der Waals surface area contributed by atoms with Gasteiger partial charge in [-0.2, -0.15) is 0 Å². The highest BCUT2D eigenvalue weighted by molar-refractivity contribution is 5.94. The van der Waals surface area contributed by atoms with Gasteiger partial charge in [-0.1, -0.05) is 0 Å². The van der Waals surface area contributed by atoms with Crippen LogP contribution in [0, 0.1) is 5.92 Å². The number of nitrogens with one attached hydrogen (secondary N) is 2. The van der Waals surface area contributed by atoms with Crippen molar-refractivity contribution in [3.8, 4) is 5.75 Å². The predicted octanol–water partition coefficient (Wildman–Crippen LogP) is 1.81. The molecule has 1 aliphatic rings. The van der Waals surface area contributed by atoms with E-state index in [1.54, 1.807) is 31.4 Å². The van der Waals surface area contributed by atoms with E-state index in [1.807, 2.05) is 0 Å². The van der Waals surface area contributed by atoms with Crippen LogP contribution in [0.5, 0.6) is 5.75 Å². The first-order valence-electron chi connectivity index (χ1n) is 6.84. The molecule has 104 valence electrons. The zero-order valence-corrected chi connectivity index (χ0v) is 11.6. The van der Waals surface area contributed by atoms with Crippen LogP contribution in [-0.2, 0) is 0 Å². The van der Waals surface area contributed by atoms with Crippen LogP contribution >= 0.6 is 0 Å². The second-order valence-corrected chi connectivity index (χ2v) is 5.19. The second-order valence-electron chi connectivity index (χ2n) is 5.19. The molecule has 1 amide bonds. The summed E-state index contributed by atoms with van der Waals surface area (Å²) in [6.07, 6.45) is 2.36. The van der Waals surface area contributed by atoms with Gasteiger partial charge < -0.3 is 15.4 Å². The molecule has 4 nitrogen and oxygen atoms in total. The smallest absolute Gasteiger partial charge is 0.251 e. The average Bonchev–Trinajstić information content (AvgIpc) is 2.46. The number of hydrogen-bond acceptors (Lipinski definition) is 3. The van der Waals surface area contributed by atoms with Crippen LogP contribution in [0.1, 0.15) is 30.1 Å². The van der Waals surface area contributed by atoms with Crippen molar-refractivity contribution in [2.75, 3.05) is 20.2 Å². The van der Waals surface area contributed by atoms with Crippen molar-refractivity contribution in [3.63, 3.8) is 0 Å². The number of methoxy groups -OCH3 is 1. The van der Waals surface area contributed by atoms with Gasteiger partial charge in [0.05, 0.1) is 7.11 Å². The first-order valence-corrected chi connectivity index (χ1v) is 6.84. The summed E-state index contributed by atoms with van der Waals surface area (Å²) >= 11 is 0. The Balaban J connectivity index is 1.80. The minimum Gasteiger partial charge on any atom is -0.497 e. The fourth-order valence-corrected chi connectivity index (χ4v) is 2.31. The number of amides is 1. The fraction of sp³-hybridized carbons (Fsp3) is 0.533. The maximum atomic E-state index is 12.0. The van der Waals surface area contributed by atoms with Gasteiger partial charge in [0, 0.05) is 18.2 Å². The van der Waals surface area contributed by atoms with Gasteiger partial charge in [-0.25, -0.2) is 0 Å². The molecule has 0 bridgehead atoms. The second kappa shape index (κ2) is 6.57. The molecule has 1 heterocycles. The highest BCUT2D eigenvalue weighted by atomic mass is 16.5. The number of rotatable bonds is 4. The van der Waals surface area contributed by atoms with Crippen molar-refractivity contribution in [2.24, 2.45) is 5.92 Å². The molecule has 1 fully saturated rings. The number of ether oxygens (including phenoxy) is 1. The third-order valence-electron chi connectivity index (χ3n) is 3.67. The number of hydrogen-bond donors (Lipinski definition) is 2. The quantitative estimate of drug-likeness (QED) is 0.870. The van der Waals surface area contributed by atoms with Crippen LogP contribution in [-0.4, -0.2) is 32.1 Å². The summed E-state index contributed by atoms with van der Waals surface area (Å²) in [5.74, 6) is 1.29. The molecule has 0 aromatic heterocycles. The van der Waals surface area contributed by atoms with Crippen LogP contribution in [0.2, 0.25) is 0 Å². The SMILES string of the molecule is COc1ccc(C(=O)NCC2CCC(C)NC2)cc1. The van der Waals surface area contributed by atoms with Gasteiger partial charge in [0.1, 0.15) is 5.75 Å². The zero-order valence-electron chi connectivity index (χ0n) is 11.6. The topological polar surface area (TPSA) is 50.4 Å². The molecule has 1 aliphatic heterocycles. The van der Waals surface area contributed by atoms with Crippen LogP contribution in [0.15, 0.2) is 24.3 Å². The summed E-state index contributed by atoms with van der Waals surface area (Å²) in [6, 6.07) is 7.79. The van der Waals surface area contributed by atoms with Crippen molar-refractivity contribution in [3.05, 3.63) is 29.8 Å². The van der Waals surface area contributed by atoms with E-state index in [0.29, 0.717) is 17.5 Å². The molecule has 4 heteroatoms. The maximum absolute atomic E-state index is 12.0. The monoisotopic (exact) mass is 262 g/mol. The Kier molecular flexibility index (Phi) is 4.80. The van der Waals surface area contributed by atoms with E-state index in [1.165, 1.54) is 12.8 Å². The van der Waals surface area contributed by atoms with E-state index in [0.717, 1.165) is 18.8 Å². The molecular weight excluding hydrogens is 240 g/mol. The number of benzene rings is 1. The van der Waals surface area contributed by atoms with Crippen LogP contribution in [0.4, 0.5) is 0 Å². The molecule has 0 spiro atoms. The Labute approximate surface area is 114 Å². The van der Waals surface area contributed by atoms with Crippen molar-refractivity contribution < 1.29 is 9.53 Å².